The van der Waals surface area contributed by atoms with Gasteiger partial charge in [-0.3, -0.25) is 0 Å². The van der Waals surface area contributed by atoms with Crippen LogP contribution < -0.4 is 0 Å². The van der Waals surface area contributed by atoms with Crippen LogP contribution in [-0.2, 0) is 22.4 Å². The molecule has 0 aromatic carbocycles. The van der Waals surface area contributed by atoms with Gasteiger partial charge in [-0.1, -0.05) is 0 Å². The number of nitrogens with zero attached hydrogens (tertiary/aromatic N) is 2. The largest absolute Gasteiger partial charge is 0.402 e. The van der Waals surface area contributed by atoms with Crippen molar-refractivity contribution in [2.45, 2.75) is 49.3 Å². The summed E-state index contributed by atoms with van der Waals surface area (Å²) in [6.07, 6.45) is -2.28. The van der Waals surface area contributed by atoms with Gasteiger partial charge in [0.2, 0.25) is 10.0 Å². The lowest BCUT2D eigenvalue weighted by Gasteiger charge is -2.22. The topological polar surface area (TPSA) is 42.3 Å². The number of halogens is 4. The molecule has 21 heavy (non-hydrogen) atoms. The van der Waals surface area contributed by atoms with Crippen molar-refractivity contribution < 1.29 is 21.6 Å². The molecule has 0 aliphatic heterocycles. The molecule has 9 heteroatoms. The van der Waals surface area contributed by atoms with Gasteiger partial charge in [0.1, 0.15) is 11.4 Å². The maximum atomic E-state index is 12.6. The molecule has 0 spiro atoms. The monoisotopic (exact) mass is 344 g/mol. The summed E-state index contributed by atoms with van der Waals surface area (Å²) in [5.74, 6) is 0.103. The van der Waals surface area contributed by atoms with Gasteiger partial charge in [-0.05, 0) is 25.8 Å². The lowest BCUT2D eigenvalue weighted by Crippen LogP contribution is -2.40. The van der Waals surface area contributed by atoms with Gasteiger partial charge in [0.15, 0.2) is 0 Å². The smallest absolute Gasteiger partial charge is 0.349 e. The van der Waals surface area contributed by atoms with Crippen LogP contribution in [0.25, 0.3) is 0 Å². The van der Waals surface area contributed by atoms with Gasteiger partial charge in [0, 0.05) is 24.5 Å². The summed E-state index contributed by atoms with van der Waals surface area (Å²) >= 11 is 5.73. The number of alkyl halides is 4. The summed E-state index contributed by atoms with van der Waals surface area (Å²) in [6.45, 7) is 0.856. The third-order valence-corrected chi connectivity index (χ3v) is 5.47. The van der Waals surface area contributed by atoms with Gasteiger partial charge in [-0.2, -0.15) is 17.5 Å². The highest BCUT2D eigenvalue weighted by molar-refractivity contribution is 7.89. The zero-order chi connectivity index (χ0) is 15.8. The van der Waals surface area contributed by atoms with E-state index < -0.39 is 28.8 Å². The highest BCUT2D eigenvalue weighted by Gasteiger charge is 2.45. The maximum absolute atomic E-state index is 12.6. The Morgan fingerprint density at radius 2 is 2.05 bits per heavy atom. The molecule has 4 nitrogen and oxygen atoms in total. The van der Waals surface area contributed by atoms with E-state index in [-0.39, 0.29) is 10.8 Å². The molecular weight excluding hydrogens is 329 g/mol. The SMILES string of the molecule is CCn1cc(S(=O)(=O)N(CC(F)(F)F)C2CC2)cc1CCl. The minimum Gasteiger partial charge on any atom is -0.349 e. The molecule has 0 N–H and O–H groups in total. The molecule has 0 saturated heterocycles. The van der Waals surface area contributed by atoms with E-state index in [9.17, 15) is 21.6 Å². The first-order valence-corrected chi connectivity index (χ1v) is 8.50. The van der Waals surface area contributed by atoms with Crippen LogP contribution in [-0.4, -0.2) is 36.1 Å². The van der Waals surface area contributed by atoms with Crippen molar-refractivity contribution in [2.24, 2.45) is 0 Å². The van der Waals surface area contributed by atoms with Gasteiger partial charge in [-0.25, -0.2) is 8.42 Å². The minimum absolute atomic E-state index is 0.103. The fraction of sp³-hybridized carbons (Fsp3) is 0.667. The Morgan fingerprint density at radius 1 is 1.43 bits per heavy atom. The summed E-state index contributed by atoms with van der Waals surface area (Å²) in [4.78, 5) is -0.129. The standard InChI is InChI=1S/C12H16ClF3N2O2S/c1-2-17-7-11(5-10(17)6-13)21(19,20)18(9-3-4-9)8-12(14,15)16/h5,7,9H,2-4,6,8H2,1H3. The van der Waals surface area contributed by atoms with Crippen LogP contribution in [0, 0.1) is 0 Å². The van der Waals surface area contributed by atoms with Crippen molar-refractivity contribution in [1.82, 2.24) is 8.87 Å². The van der Waals surface area contributed by atoms with Gasteiger partial charge in [0.25, 0.3) is 0 Å². The number of sulfonamides is 1. The Labute approximate surface area is 126 Å². The van der Waals surface area contributed by atoms with E-state index in [1.807, 2.05) is 0 Å². The summed E-state index contributed by atoms with van der Waals surface area (Å²) in [5, 5.41) is 0. The molecule has 0 bridgehead atoms. The first-order chi connectivity index (χ1) is 9.69. The number of aromatic nitrogens is 1. The molecule has 0 amide bonds. The summed E-state index contributed by atoms with van der Waals surface area (Å²) in [5.41, 5.74) is 0.570. The molecule has 1 fully saturated rings. The van der Waals surface area contributed by atoms with Crippen LogP contribution in [0.5, 0.6) is 0 Å². The Hall–Kier alpha value is -0.730. The second-order valence-corrected chi connectivity index (χ2v) is 7.14. The average molecular weight is 345 g/mol. The molecule has 1 aliphatic carbocycles. The van der Waals surface area contributed by atoms with Gasteiger partial charge in [-0.15, -0.1) is 11.6 Å². The van der Waals surface area contributed by atoms with Crippen LogP contribution in [0.1, 0.15) is 25.5 Å². The predicted octanol–water partition coefficient (Wildman–Crippen LogP) is 2.96. The van der Waals surface area contributed by atoms with Crippen molar-refractivity contribution in [3.05, 3.63) is 18.0 Å². The third-order valence-electron chi connectivity index (χ3n) is 3.33. The molecule has 1 saturated carbocycles. The minimum atomic E-state index is -4.56. The van der Waals surface area contributed by atoms with E-state index >= 15 is 0 Å². The van der Waals surface area contributed by atoms with E-state index in [0.717, 1.165) is 0 Å². The van der Waals surface area contributed by atoms with Crippen LogP contribution in [0.3, 0.4) is 0 Å². The highest BCUT2D eigenvalue weighted by Crippen LogP contribution is 2.35. The lowest BCUT2D eigenvalue weighted by molar-refractivity contribution is -0.137. The number of aryl methyl sites for hydroxylation is 1. The number of hydrogen-bond acceptors (Lipinski definition) is 2. The van der Waals surface area contributed by atoms with Crippen LogP contribution in [0.4, 0.5) is 13.2 Å². The second-order valence-electron chi connectivity index (χ2n) is 4.98. The quantitative estimate of drug-likeness (QED) is 0.745. The van der Waals surface area contributed by atoms with E-state index in [4.69, 9.17) is 11.6 Å². The normalized spacial score (nSPS) is 16.7. The average Bonchev–Trinajstić information content (AvgIpc) is 3.12. The van der Waals surface area contributed by atoms with Crippen molar-refractivity contribution in [3.8, 4) is 0 Å². The molecular formula is C12H16ClF3N2O2S. The first-order valence-electron chi connectivity index (χ1n) is 6.52. The van der Waals surface area contributed by atoms with E-state index in [1.165, 1.54) is 12.3 Å². The van der Waals surface area contributed by atoms with E-state index in [1.54, 1.807) is 11.5 Å². The molecule has 1 aromatic rings. The van der Waals surface area contributed by atoms with Crippen molar-refractivity contribution in [1.29, 1.82) is 0 Å². The lowest BCUT2D eigenvalue weighted by atomic mass is 10.5. The summed E-state index contributed by atoms with van der Waals surface area (Å²) in [7, 11) is -4.16. The van der Waals surface area contributed by atoms with Crippen molar-refractivity contribution in [3.63, 3.8) is 0 Å². The Bertz CT molecular complexity index is 587. The van der Waals surface area contributed by atoms with E-state index in [2.05, 4.69) is 0 Å². The van der Waals surface area contributed by atoms with Gasteiger partial charge in [0.05, 0.1) is 5.88 Å². The maximum Gasteiger partial charge on any atom is 0.402 e. The Balaban J connectivity index is 2.36. The predicted molar refractivity (Wildman–Crippen MR) is 72.6 cm³/mol. The fourth-order valence-electron chi connectivity index (χ4n) is 2.16. The zero-order valence-corrected chi connectivity index (χ0v) is 13.0. The molecule has 1 aromatic heterocycles. The molecule has 0 atom stereocenters. The molecule has 120 valence electrons. The first kappa shape index (κ1) is 16.6. The second kappa shape index (κ2) is 5.81. The summed E-state index contributed by atoms with van der Waals surface area (Å²) in [6, 6.07) is 0.790. The third kappa shape index (κ3) is 3.73. The number of rotatable bonds is 6. The molecule has 0 unspecified atom stereocenters. The fourth-order valence-corrected chi connectivity index (χ4v) is 4.12. The van der Waals surface area contributed by atoms with Crippen LogP contribution >= 0.6 is 11.6 Å². The zero-order valence-electron chi connectivity index (χ0n) is 11.4. The van der Waals surface area contributed by atoms with Crippen LogP contribution in [0.15, 0.2) is 17.2 Å². The Morgan fingerprint density at radius 3 is 2.43 bits per heavy atom. The van der Waals surface area contributed by atoms with Gasteiger partial charge < -0.3 is 4.57 Å². The highest BCUT2D eigenvalue weighted by atomic mass is 35.5. The number of hydrogen-bond donors (Lipinski definition) is 0. The molecule has 0 radical (unpaired) electrons. The van der Waals surface area contributed by atoms with Crippen LogP contribution in [0.2, 0.25) is 0 Å². The van der Waals surface area contributed by atoms with Gasteiger partial charge >= 0.3 is 6.18 Å². The van der Waals surface area contributed by atoms with E-state index in [0.29, 0.717) is 29.4 Å². The Kier molecular flexibility index (Phi) is 4.60. The molecule has 1 heterocycles. The molecule has 1 aliphatic rings. The van der Waals surface area contributed by atoms with Crippen molar-refractivity contribution in [2.75, 3.05) is 6.54 Å². The molecule has 2 rings (SSSR count). The summed E-state index contributed by atoms with van der Waals surface area (Å²) < 4.78 is 65.0. The van der Waals surface area contributed by atoms with Crippen molar-refractivity contribution >= 4 is 21.6 Å².